The topological polar surface area (TPSA) is 70.1 Å². The van der Waals surface area contributed by atoms with E-state index in [0.29, 0.717) is 30.8 Å². The molecule has 0 aliphatic carbocycles. The van der Waals surface area contributed by atoms with Crippen LogP contribution >= 0.6 is 0 Å². The standard InChI is InChI=1S/C19H26N2O4/c1-13-4-5-14(16(10-13)25-3)17(22)21-8-6-19(7-9-21)11-15(18(23)24)20(2)12-19/h4-5,10,15H,6-9,11-12H2,1-3H3,(H,23,24)/t15-/m1/s1. The Labute approximate surface area is 148 Å². The molecular formula is C19H26N2O4. The molecule has 1 spiro atoms. The molecule has 6 nitrogen and oxygen atoms in total. The highest BCUT2D eigenvalue weighted by Crippen LogP contribution is 2.43. The van der Waals surface area contributed by atoms with E-state index < -0.39 is 12.0 Å². The molecule has 2 fully saturated rings. The minimum atomic E-state index is -0.748. The number of rotatable bonds is 3. The van der Waals surface area contributed by atoms with Crippen LogP contribution in [0.1, 0.15) is 35.2 Å². The second-order valence-corrected chi connectivity index (χ2v) is 7.47. The summed E-state index contributed by atoms with van der Waals surface area (Å²) in [6.45, 7) is 4.09. The Morgan fingerprint density at radius 2 is 1.96 bits per heavy atom. The number of nitrogens with zero attached hydrogens (tertiary/aromatic N) is 2. The lowest BCUT2D eigenvalue weighted by atomic mass is 9.76. The van der Waals surface area contributed by atoms with Gasteiger partial charge in [-0.1, -0.05) is 6.07 Å². The minimum Gasteiger partial charge on any atom is -0.496 e. The van der Waals surface area contributed by atoms with Gasteiger partial charge in [0.25, 0.3) is 5.91 Å². The number of aryl methyl sites for hydroxylation is 1. The molecule has 1 aromatic rings. The average Bonchev–Trinajstić information content (AvgIpc) is 2.91. The number of hydrogen-bond donors (Lipinski definition) is 1. The summed E-state index contributed by atoms with van der Waals surface area (Å²) in [4.78, 5) is 28.0. The molecule has 3 rings (SSSR count). The van der Waals surface area contributed by atoms with Crippen molar-refractivity contribution < 1.29 is 19.4 Å². The molecule has 0 radical (unpaired) electrons. The van der Waals surface area contributed by atoms with E-state index in [9.17, 15) is 14.7 Å². The molecule has 2 aliphatic rings. The summed E-state index contributed by atoms with van der Waals surface area (Å²) in [5.74, 6) is -0.146. The van der Waals surface area contributed by atoms with E-state index in [4.69, 9.17) is 4.74 Å². The van der Waals surface area contributed by atoms with E-state index in [0.717, 1.165) is 24.9 Å². The number of ether oxygens (including phenoxy) is 1. The van der Waals surface area contributed by atoms with Crippen LogP contribution in [0.15, 0.2) is 18.2 Å². The third-order valence-corrected chi connectivity index (χ3v) is 5.73. The van der Waals surface area contributed by atoms with Gasteiger partial charge in [0.05, 0.1) is 12.7 Å². The molecular weight excluding hydrogens is 320 g/mol. The number of carboxylic acids is 1. The average molecular weight is 346 g/mol. The zero-order valence-electron chi connectivity index (χ0n) is 15.1. The summed E-state index contributed by atoms with van der Waals surface area (Å²) >= 11 is 0. The first-order chi connectivity index (χ1) is 11.8. The van der Waals surface area contributed by atoms with Crippen LogP contribution in [0, 0.1) is 12.3 Å². The van der Waals surface area contributed by atoms with Gasteiger partial charge in [-0.3, -0.25) is 14.5 Å². The maximum atomic E-state index is 12.9. The number of amides is 1. The molecule has 0 bridgehead atoms. The van der Waals surface area contributed by atoms with Crippen molar-refractivity contribution in [2.45, 2.75) is 32.2 Å². The summed E-state index contributed by atoms with van der Waals surface area (Å²) in [7, 11) is 3.46. The number of likely N-dealkylation sites (tertiary alicyclic amines) is 2. The van der Waals surface area contributed by atoms with E-state index in [-0.39, 0.29) is 11.3 Å². The monoisotopic (exact) mass is 346 g/mol. The number of benzene rings is 1. The number of likely N-dealkylation sites (N-methyl/N-ethyl adjacent to an activating group) is 1. The van der Waals surface area contributed by atoms with Crippen LogP contribution in [0.25, 0.3) is 0 Å². The van der Waals surface area contributed by atoms with E-state index in [1.807, 2.05) is 42.0 Å². The maximum absolute atomic E-state index is 12.9. The van der Waals surface area contributed by atoms with Gasteiger partial charge in [0.15, 0.2) is 0 Å². The number of carbonyl (C=O) groups is 2. The molecule has 25 heavy (non-hydrogen) atoms. The second-order valence-electron chi connectivity index (χ2n) is 7.47. The Morgan fingerprint density at radius 1 is 1.28 bits per heavy atom. The molecule has 1 atom stereocenters. The van der Waals surface area contributed by atoms with Crippen molar-refractivity contribution in [1.82, 2.24) is 9.80 Å². The molecule has 2 saturated heterocycles. The number of carbonyl (C=O) groups excluding carboxylic acids is 1. The number of piperidine rings is 1. The van der Waals surface area contributed by atoms with E-state index in [1.165, 1.54) is 0 Å². The Bertz CT molecular complexity index is 680. The second kappa shape index (κ2) is 6.67. The normalized spacial score (nSPS) is 23.0. The highest BCUT2D eigenvalue weighted by atomic mass is 16.5. The van der Waals surface area contributed by atoms with Crippen LogP contribution in [-0.4, -0.2) is 66.6 Å². The van der Waals surface area contributed by atoms with Gasteiger partial charge in [0.1, 0.15) is 11.8 Å². The van der Waals surface area contributed by atoms with Crippen molar-refractivity contribution in [1.29, 1.82) is 0 Å². The highest BCUT2D eigenvalue weighted by molar-refractivity contribution is 5.97. The van der Waals surface area contributed by atoms with Gasteiger partial charge in [-0.2, -0.15) is 0 Å². The van der Waals surface area contributed by atoms with Crippen LogP contribution in [0.3, 0.4) is 0 Å². The van der Waals surface area contributed by atoms with Crippen molar-refractivity contribution in [3.8, 4) is 5.75 Å². The van der Waals surface area contributed by atoms with E-state index in [2.05, 4.69) is 0 Å². The largest absolute Gasteiger partial charge is 0.496 e. The summed E-state index contributed by atoms with van der Waals surface area (Å²) in [5, 5.41) is 9.35. The van der Waals surface area contributed by atoms with Gasteiger partial charge in [-0.05, 0) is 56.3 Å². The Morgan fingerprint density at radius 3 is 2.52 bits per heavy atom. The van der Waals surface area contributed by atoms with Crippen LogP contribution in [0.4, 0.5) is 0 Å². The van der Waals surface area contributed by atoms with Gasteiger partial charge in [0.2, 0.25) is 0 Å². The lowest BCUT2D eigenvalue weighted by Gasteiger charge is -2.39. The first kappa shape index (κ1) is 17.7. The number of hydrogen-bond acceptors (Lipinski definition) is 4. The zero-order chi connectivity index (χ0) is 18.2. The number of methoxy groups -OCH3 is 1. The Balaban J connectivity index is 1.69. The third-order valence-electron chi connectivity index (χ3n) is 5.73. The Kier molecular flexibility index (Phi) is 4.73. The summed E-state index contributed by atoms with van der Waals surface area (Å²) in [5.41, 5.74) is 1.67. The molecule has 0 saturated carbocycles. The molecule has 2 aliphatic heterocycles. The van der Waals surface area contributed by atoms with Gasteiger partial charge >= 0.3 is 5.97 Å². The summed E-state index contributed by atoms with van der Waals surface area (Å²) < 4.78 is 5.37. The fourth-order valence-electron chi connectivity index (χ4n) is 4.24. The van der Waals surface area contributed by atoms with Gasteiger partial charge in [0, 0.05) is 19.6 Å². The molecule has 1 N–H and O–H groups in total. The zero-order valence-corrected chi connectivity index (χ0v) is 15.1. The first-order valence-electron chi connectivity index (χ1n) is 8.72. The molecule has 0 aromatic heterocycles. The van der Waals surface area contributed by atoms with Gasteiger partial charge in [-0.15, -0.1) is 0 Å². The number of aliphatic carboxylic acids is 1. The predicted molar refractivity (Wildman–Crippen MR) is 94.0 cm³/mol. The Hall–Kier alpha value is -2.08. The van der Waals surface area contributed by atoms with E-state index >= 15 is 0 Å². The van der Waals surface area contributed by atoms with Crippen molar-refractivity contribution in [2.24, 2.45) is 5.41 Å². The summed E-state index contributed by atoms with van der Waals surface area (Å²) in [6, 6.07) is 5.22. The van der Waals surface area contributed by atoms with Gasteiger partial charge in [-0.25, -0.2) is 0 Å². The number of carboxylic acid groups (broad SMARTS) is 1. The summed E-state index contributed by atoms with van der Waals surface area (Å²) in [6.07, 6.45) is 2.37. The highest BCUT2D eigenvalue weighted by Gasteiger charge is 2.47. The van der Waals surface area contributed by atoms with Crippen LogP contribution in [0.2, 0.25) is 0 Å². The third kappa shape index (κ3) is 3.35. The quantitative estimate of drug-likeness (QED) is 0.907. The molecule has 2 heterocycles. The maximum Gasteiger partial charge on any atom is 0.320 e. The fourth-order valence-corrected chi connectivity index (χ4v) is 4.24. The lowest BCUT2D eigenvalue weighted by Crippen LogP contribution is -2.44. The van der Waals surface area contributed by atoms with Crippen LogP contribution in [-0.2, 0) is 4.79 Å². The molecule has 1 aromatic carbocycles. The van der Waals surface area contributed by atoms with E-state index in [1.54, 1.807) is 7.11 Å². The molecule has 6 heteroatoms. The van der Waals surface area contributed by atoms with Crippen molar-refractivity contribution in [3.63, 3.8) is 0 Å². The SMILES string of the molecule is COc1cc(C)ccc1C(=O)N1CCC2(CC1)C[C@H](C(=O)O)N(C)C2. The smallest absolute Gasteiger partial charge is 0.320 e. The van der Waals surface area contributed by atoms with Crippen LogP contribution in [0.5, 0.6) is 5.75 Å². The minimum absolute atomic E-state index is 0.00663. The molecule has 1 amide bonds. The van der Waals surface area contributed by atoms with Crippen molar-refractivity contribution >= 4 is 11.9 Å². The predicted octanol–water partition coefficient (Wildman–Crippen LogP) is 2.01. The lowest BCUT2D eigenvalue weighted by molar-refractivity contribution is -0.141. The molecule has 0 unspecified atom stereocenters. The van der Waals surface area contributed by atoms with Gasteiger partial charge < -0.3 is 14.7 Å². The first-order valence-corrected chi connectivity index (χ1v) is 8.72. The van der Waals surface area contributed by atoms with Crippen LogP contribution < -0.4 is 4.74 Å². The molecule has 136 valence electrons. The van der Waals surface area contributed by atoms with Crippen molar-refractivity contribution in [2.75, 3.05) is 33.8 Å². The van der Waals surface area contributed by atoms with Crippen molar-refractivity contribution in [3.05, 3.63) is 29.3 Å². The fraction of sp³-hybridized carbons (Fsp3) is 0.579.